The Hall–Kier alpha value is -1.08. The van der Waals surface area contributed by atoms with Gasteiger partial charge in [0.1, 0.15) is 0 Å². The van der Waals surface area contributed by atoms with Crippen molar-refractivity contribution >= 4 is 15.7 Å². The van der Waals surface area contributed by atoms with Gasteiger partial charge in [0, 0.05) is 19.8 Å². The van der Waals surface area contributed by atoms with E-state index in [9.17, 15) is 8.42 Å². The van der Waals surface area contributed by atoms with Crippen LogP contribution in [-0.2, 0) is 17.1 Å². The van der Waals surface area contributed by atoms with Crippen LogP contribution in [0.5, 0.6) is 0 Å². The molecular formula is C7H14N4O2S. The van der Waals surface area contributed by atoms with Crippen LogP contribution in [-0.4, -0.2) is 30.5 Å². The quantitative estimate of drug-likeness (QED) is 0.708. The van der Waals surface area contributed by atoms with Crippen molar-refractivity contribution < 1.29 is 8.42 Å². The minimum Gasteiger partial charge on any atom is -0.381 e. The van der Waals surface area contributed by atoms with Crippen LogP contribution in [0.25, 0.3) is 0 Å². The molecule has 0 saturated heterocycles. The Morgan fingerprint density at radius 2 is 2.29 bits per heavy atom. The van der Waals surface area contributed by atoms with Crippen LogP contribution in [0, 0.1) is 6.92 Å². The number of anilines is 1. The molecule has 1 rings (SSSR count). The van der Waals surface area contributed by atoms with Crippen molar-refractivity contribution in [2.75, 3.05) is 17.6 Å². The van der Waals surface area contributed by atoms with E-state index < -0.39 is 10.0 Å². The number of nitrogens with one attached hydrogen (secondary N) is 1. The lowest BCUT2D eigenvalue weighted by Crippen LogP contribution is -2.22. The molecule has 3 N–H and O–H groups in total. The molecule has 7 heteroatoms. The standard InChI is InChI=1S/C7H14N4O2S/c1-6-7(5-11(2)10-6)9-3-4-14(8,12)13/h5,9H,3-4H2,1-2H3,(H2,8,12,13). The Morgan fingerprint density at radius 3 is 2.71 bits per heavy atom. The number of nitrogens with two attached hydrogens (primary N) is 1. The molecule has 0 aromatic carbocycles. The van der Waals surface area contributed by atoms with Gasteiger partial charge in [-0.15, -0.1) is 0 Å². The number of aryl methyl sites for hydroxylation is 2. The van der Waals surface area contributed by atoms with Gasteiger partial charge in [0.15, 0.2) is 0 Å². The van der Waals surface area contributed by atoms with E-state index in [-0.39, 0.29) is 5.75 Å². The second kappa shape index (κ2) is 3.97. The second-order valence-corrected chi connectivity index (χ2v) is 4.83. The first kappa shape index (κ1) is 11.0. The molecule has 0 amide bonds. The fourth-order valence-electron chi connectivity index (χ4n) is 1.10. The zero-order valence-corrected chi connectivity index (χ0v) is 9.00. The van der Waals surface area contributed by atoms with Gasteiger partial charge in [0.25, 0.3) is 0 Å². The van der Waals surface area contributed by atoms with Gasteiger partial charge < -0.3 is 5.32 Å². The minimum absolute atomic E-state index is 0.0820. The molecule has 0 saturated carbocycles. The summed E-state index contributed by atoms with van der Waals surface area (Å²) in [4.78, 5) is 0. The molecule has 0 fully saturated rings. The summed E-state index contributed by atoms with van der Waals surface area (Å²) in [5, 5.41) is 11.9. The van der Waals surface area contributed by atoms with Crippen molar-refractivity contribution in [1.29, 1.82) is 0 Å². The molecule has 0 spiro atoms. The topological polar surface area (TPSA) is 90.0 Å². The van der Waals surface area contributed by atoms with Gasteiger partial charge in [-0.05, 0) is 6.92 Å². The van der Waals surface area contributed by atoms with Crippen LogP contribution in [0.3, 0.4) is 0 Å². The van der Waals surface area contributed by atoms with E-state index in [0.29, 0.717) is 6.54 Å². The molecule has 1 aromatic rings. The third-order valence-electron chi connectivity index (χ3n) is 1.72. The lowest BCUT2D eigenvalue weighted by atomic mass is 10.4. The molecular weight excluding hydrogens is 204 g/mol. The van der Waals surface area contributed by atoms with Crippen molar-refractivity contribution in [2.45, 2.75) is 6.92 Å². The van der Waals surface area contributed by atoms with Crippen LogP contribution in [0.1, 0.15) is 5.69 Å². The van der Waals surface area contributed by atoms with Gasteiger partial charge in [0.05, 0.1) is 17.1 Å². The lowest BCUT2D eigenvalue weighted by Gasteiger charge is -2.02. The van der Waals surface area contributed by atoms with Crippen LogP contribution in [0.15, 0.2) is 6.20 Å². The van der Waals surface area contributed by atoms with E-state index in [0.717, 1.165) is 11.4 Å². The van der Waals surface area contributed by atoms with Crippen LogP contribution < -0.4 is 10.5 Å². The van der Waals surface area contributed by atoms with E-state index in [4.69, 9.17) is 5.14 Å². The highest BCUT2D eigenvalue weighted by Crippen LogP contribution is 2.10. The summed E-state index contributed by atoms with van der Waals surface area (Å²) in [7, 11) is -1.59. The van der Waals surface area contributed by atoms with Gasteiger partial charge in [0.2, 0.25) is 10.0 Å². The van der Waals surface area contributed by atoms with Crippen LogP contribution >= 0.6 is 0 Å². The molecule has 0 aliphatic rings. The first-order valence-electron chi connectivity index (χ1n) is 4.13. The Balaban J connectivity index is 2.50. The maximum Gasteiger partial charge on any atom is 0.210 e. The average molecular weight is 218 g/mol. The maximum atomic E-state index is 10.6. The maximum absolute atomic E-state index is 10.6. The number of nitrogens with zero attached hydrogens (tertiary/aromatic N) is 2. The Morgan fingerprint density at radius 1 is 1.64 bits per heavy atom. The number of sulfonamides is 1. The van der Waals surface area contributed by atoms with Gasteiger partial charge in [-0.25, -0.2) is 13.6 Å². The van der Waals surface area contributed by atoms with Crippen molar-refractivity contribution in [1.82, 2.24) is 9.78 Å². The number of hydrogen-bond donors (Lipinski definition) is 2. The van der Waals surface area contributed by atoms with E-state index in [2.05, 4.69) is 10.4 Å². The van der Waals surface area contributed by atoms with E-state index >= 15 is 0 Å². The normalized spacial score (nSPS) is 11.6. The van der Waals surface area contributed by atoms with E-state index in [1.54, 1.807) is 17.9 Å². The third-order valence-corrected chi connectivity index (χ3v) is 2.49. The highest BCUT2D eigenvalue weighted by Gasteiger charge is 2.04. The lowest BCUT2D eigenvalue weighted by molar-refractivity contribution is 0.598. The first-order valence-corrected chi connectivity index (χ1v) is 5.84. The number of aromatic nitrogens is 2. The molecule has 0 radical (unpaired) electrons. The predicted octanol–water partition coefficient (Wildman–Crippen LogP) is -0.571. The van der Waals surface area contributed by atoms with Gasteiger partial charge in [-0.3, -0.25) is 4.68 Å². The van der Waals surface area contributed by atoms with Crippen LogP contribution in [0.4, 0.5) is 5.69 Å². The van der Waals surface area contributed by atoms with Gasteiger partial charge in [-0.2, -0.15) is 5.10 Å². The van der Waals surface area contributed by atoms with E-state index in [1.165, 1.54) is 0 Å². The first-order chi connectivity index (χ1) is 6.38. The zero-order valence-electron chi connectivity index (χ0n) is 8.19. The summed E-state index contributed by atoms with van der Waals surface area (Å²) in [6.07, 6.45) is 1.79. The molecule has 1 heterocycles. The summed E-state index contributed by atoms with van der Waals surface area (Å²) in [5.74, 6) is -0.0820. The summed E-state index contributed by atoms with van der Waals surface area (Å²) >= 11 is 0. The Labute approximate surface area is 83.1 Å². The van der Waals surface area contributed by atoms with Crippen LogP contribution in [0.2, 0.25) is 0 Å². The summed E-state index contributed by atoms with van der Waals surface area (Å²) in [5.41, 5.74) is 1.66. The van der Waals surface area contributed by atoms with Gasteiger partial charge >= 0.3 is 0 Å². The summed E-state index contributed by atoms with van der Waals surface area (Å²) in [6.45, 7) is 2.14. The van der Waals surface area contributed by atoms with E-state index in [1.807, 2.05) is 6.92 Å². The van der Waals surface area contributed by atoms with Crippen molar-refractivity contribution in [3.63, 3.8) is 0 Å². The minimum atomic E-state index is -3.39. The third kappa shape index (κ3) is 3.35. The fourth-order valence-corrected chi connectivity index (χ4v) is 1.49. The molecule has 0 aliphatic heterocycles. The summed E-state index contributed by atoms with van der Waals surface area (Å²) in [6, 6.07) is 0. The Kier molecular flexibility index (Phi) is 3.12. The molecule has 14 heavy (non-hydrogen) atoms. The molecule has 0 atom stereocenters. The molecule has 6 nitrogen and oxygen atoms in total. The molecule has 0 unspecified atom stereocenters. The molecule has 0 aliphatic carbocycles. The molecule has 0 bridgehead atoms. The van der Waals surface area contributed by atoms with Gasteiger partial charge in [-0.1, -0.05) is 0 Å². The summed E-state index contributed by atoms with van der Waals surface area (Å²) < 4.78 is 22.9. The van der Waals surface area contributed by atoms with Crippen molar-refractivity contribution in [2.24, 2.45) is 12.2 Å². The smallest absolute Gasteiger partial charge is 0.210 e. The Bertz CT molecular complexity index is 409. The average Bonchev–Trinajstić information content (AvgIpc) is 2.27. The molecule has 1 aromatic heterocycles. The monoisotopic (exact) mass is 218 g/mol. The highest BCUT2D eigenvalue weighted by atomic mass is 32.2. The number of primary sulfonamides is 1. The van der Waals surface area contributed by atoms with Crippen molar-refractivity contribution in [3.8, 4) is 0 Å². The predicted molar refractivity (Wildman–Crippen MR) is 54.4 cm³/mol. The number of rotatable bonds is 4. The SMILES string of the molecule is Cc1nn(C)cc1NCCS(N)(=O)=O. The zero-order chi connectivity index (χ0) is 10.8. The second-order valence-electron chi connectivity index (χ2n) is 3.10. The van der Waals surface area contributed by atoms with Crippen molar-refractivity contribution in [3.05, 3.63) is 11.9 Å². The highest BCUT2D eigenvalue weighted by molar-refractivity contribution is 7.89. The number of hydrogen-bond acceptors (Lipinski definition) is 4. The largest absolute Gasteiger partial charge is 0.381 e. The fraction of sp³-hybridized carbons (Fsp3) is 0.571. The molecule has 80 valence electrons.